The van der Waals surface area contributed by atoms with Crippen molar-refractivity contribution in [1.82, 2.24) is 0 Å². The van der Waals surface area contributed by atoms with Gasteiger partial charge < -0.3 is 4.74 Å². The second kappa shape index (κ2) is 6.59. The number of benzene rings is 2. The summed E-state index contributed by atoms with van der Waals surface area (Å²) < 4.78 is 5.27. The lowest BCUT2D eigenvalue weighted by molar-refractivity contribution is -0.125. The van der Waals surface area contributed by atoms with Gasteiger partial charge in [0.2, 0.25) is 0 Å². The molecular weight excluding hydrogens is 326 g/mol. The maximum absolute atomic E-state index is 12.8. The predicted octanol–water partition coefficient (Wildman–Crippen LogP) is 3.62. The van der Waals surface area contributed by atoms with Gasteiger partial charge in [-0.05, 0) is 42.8 Å². The van der Waals surface area contributed by atoms with Crippen LogP contribution in [-0.4, -0.2) is 25.0 Å². The first kappa shape index (κ1) is 16.4. The fourth-order valence-electron chi connectivity index (χ4n) is 2.63. The molecule has 1 aliphatic rings. The van der Waals surface area contributed by atoms with Crippen molar-refractivity contribution in [3.63, 3.8) is 0 Å². The van der Waals surface area contributed by atoms with E-state index in [1.54, 1.807) is 42.5 Å². The third-order valence-electron chi connectivity index (χ3n) is 3.90. The highest BCUT2D eigenvalue weighted by Gasteiger charge is 2.44. The number of ether oxygens (including phenoxy) is 1. The highest BCUT2D eigenvalue weighted by molar-refractivity contribution is 6.32. The molecule has 1 aliphatic heterocycles. The van der Waals surface area contributed by atoms with Crippen LogP contribution in [0, 0.1) is 6.92 Å². The van der Waals surface area contributed by atoms with Crippen molar-refractivity contribution in [2.75, 3.05) is 12.0 Å². The number of nitrogens with zero attached hydrogens (tertiary/aromatic N) is 1. The second-order valence-electron chi connectivity index (χ2n) is 5.58. The minimum Gasteiger partial charge on any atom is -0.367 e. The van der Waals surface area contributed by atoms with E-state index >= 15 is 0 Å². The molecule has 0 radical (unpaired) electrons. The fraction of sp³-hybridized carbons (Fsp3) is 0.158. The monoisotopic (exact) mass is 341 g/mol. The van der Waals surface area contributed by atoms with Crippen LogP contribution >= 0.6 is 11.6 Å². The molecule has 1 atom stereocenters. The predicted molar refractivity (Wildman–Crippen MR) is 93.9 cm³/mol. The molecule has 1 fully saturated rings. The summed E-state index contributed by atoms with van der Waals surface area (Å²) in [5.41, 5.74) is 2.68. The summed E-state index contributed by atoms with van der Waals surface area (Å²) in [5.74, 6) is -0.753. The fourth-order valence-corrected chi connectivity index (χ4v) is 2.76. The van der Waals surface area contributed by atoms with Crippen LogP contribution in [0.5, 0.6) is 0 Å². The Balaban J connectivity index is 2.01. The number of amides is 2. The molecule has 1 unspecified atom stereocenters. The Kier molecular flexibility index (Phi) is 4.51. The molecule has 0 N–H and O–H groups in total. The van der Waals surface area contributed by atoms with Crippen molar-refractivity contribution in [3.8, 4) is 0 Å². The topological polar surface area (TPSA) is 46.6 Å². The van der Waals surface area contributed by atoms with E-state index in [1.807, 2.05) is 19.1 Å². The van der Waals surface area contributed by atoms with Crippen LogP contribution in [0.4, 0.5) is 5.69 Å². The van der Waals surface area contributed by atoms with Crippen molar-refractivity contribution in [2.24, 2.45) is 0 Å². The summed E-state index contributed by atoms with van der Waals surface area (Å²) >= 11 is 5.88. The molecule has 2 aromatic rings. The first-order valence-electron chi connectivity index (χ1n) is 7.46. The zero-order valence-corrected chi connectivity index (χ0v) is 14.1. The number of carbonyl (C=O) groups excluding carboxylic acids is 2. The quantitative estimate of drug-likeness (QED) is 0.632. The molecule has 1 saturated heterocycles. The van der Waals surface area contributed by atoms with E-state index in [1.165, 1.54) is 7.11 Å². The number of carbonyl (C=O) groups is 2. The number of anilines is 1. The molecule has 2 aromatic carbocycles. The molecule has 5 heteroatoms. The van der Waals surface area contributed by atoms with E-state index < -0.39 is 6.10 Å². The highest BCUT2D eigenvalue weighted by atomic mass is 35.5. The standard InChI is InChI=1S/C19H16ClNO3/c1-12-3-9-15(10-4-12)21-18(22)16(17(24-2)19(21)23)11-13-5-7-14(20)8-6-13/h3-11,17H,1-2H3/b16-11+. The van der Waals surface area contributed by atoms with Gasteiger partial charge in [-0.3, -0.25) is 9.59 Å². The van der Waals surface area contributed by atoms with E-state index in [9.17, 15) is 9.59 Å². The summed E-state index contributed by atoms with van der Waals surface area (Å²) in [6.45, 7) is 1.95. The molecule has 2 amide bonds. The number of aryl methyl sites for hydroxylation is 1. The van der Waals surface area contributed by atoms with E-state index in [-0.39, 0.29) is 11.8 Å². The van der Waals surface area contributed by atoms with Gasteiger partial charge in [0, 0.05) is 12.1 Å². The first-order chi connectivity index (χ1) is 11.5. The van der Waals surface area contributed by atoms with Crippen LogP contribution < -0.4 is 4.90 Å². The summed E-state index contributed by atoms with van der Waals surface area (Å²) in [6, 6.07) is 14.3. The number of hydrogen-bond donors (Lipinski definition) is 0. The van der Waals surface area contributed by atoms with Gasteiger partial charge in [0.15, 0.2) is 6.10 Å². The minimum absolute atomic E-state index is 0.311. The Labute approximate surface area is 145 Å². The summed E-state index contributed by atoms with van der Waals surface area (Å²) in [5, 5.41) is 0.607. The van der Waals surface area contributed by atoms with Gasteiger partial charge in [-0.15, -0.1) is 0 Å². The van der Waals surface area contributed by atoms with Gasteiger partial charge in [-0.2, -0.15) is 0 Å². The number of halogens is 1. The Morgan fingerprint density at radius 2 is 1.67 bits per heavy atom. The Morgan fingerprint density at radius 1 is 1.04 bits per heavy atom. The van der Waals surface area contributed by atoms with E-state index in [2.05, 4.69) is 0 Å². The Morgan fingerprint density at radius 3 is 2.25 bits per heavy atom. The SMILES string of the molecule is COC1C(=O)N(c2ccc(C)cc2)C(=O)/C1=C/c1ccc(Cl)cc1. The van der Waals surface area contributed by atoms with Gasteiger partial charge in [-0.25, -0.2) is 4.90 Å². The molecule has 24 heavy (non-hydrogen) atoms. The Hall–Kier alpha value is -2.43. The van der Waals surface area contributed by atoms with Crippen molar-refractivity contribution >= 4 is 35.2 Å². The van der Waals surface area contributed by atoms with Gasteiger partial charge in [-0.1, -0.05) is 41.4 Å². The summed E-state index contributed by atoms with van der Waals surface area (Å²) in [7, 11) is 1.42. The van der Waals surface area contributed by atoms with E-state index in [0.717, 1.165) is 16.0 Å². The van der Waals surface area contributed by atoms with Crippen LogP contribution in [0.2, 0.25) is 5.02 Å². The number of hydrogen-bond acceptors (Lipinski definition) is 3. The molecule has 0 aliphatic carbocycles. The van der Waals surface area contributed by atoms with Gasteiger partial charge >= 0.3 is 0 Å². The molecule has 122 valence electrons. The van der Waals surface area contributed by atoms with Gasteiger partial charge in [0.1, 0.15) is 0 Å². The van der Waals surface area contributed by atoms with E-state index in [0.29, 0.717) is 16.3 Å². The zero-order chi connectivity index (χ0) is 17.3. The molecular formula is C19H16ClNO3. The third-order valence-corrected chi connectivity index (χ3v) is 4.15. The van der Waals surface area contributed by atoms with Gasteiger partial charge in [0.25, 0.3) is 11.8 Å². The second-order valence-corrected chi connectivity index (χ2v) is 6.02. The molecule has 3 rings (SSSR count). The lowest BCUT2D eigenvalue weighted by Crippen LogP contribution is -2.32. The van der Waals surface area contributed by atoms with Crippen molar-refractivity contribution < 1.29 is 14.3 Å². The van der Waals surface area contributed by atoms with Gasteiger partial charge in [0.05, 0.1) is 11.3 Å². The maximum atomic E-state index is 12.8. The molecule has 1 heterocycles. The summed E-state index contributed by atoms with van der Waals surface area (Å²) in [4.78, 5) is 26.5. The molecule has 4 nitrogen and oxygen atoms in total. The largest absolute Gasteiger partial charge is 0.367 e. The Bertz CT molecular complexity index is 810. The minimum atomic E-state index is -0.908. The highest BCUT2D eigenvalue weighted by Crippen LogP contribution is 2.29. The van der Waals surface area contributed by atoms with E-state index in [4.69, 9.17) is 16.3 Å². The van der Waals surface area contributed by atoms with Crippen LogP contribution in [0.15, 0.2) is 54.1 Å². The van der Waals surface area contributed by atoms with Crippen LogP contribution in [0.3, 0.4) is 0 Å². The smallest absolute Gasteiger partial charge is 0.267 e. The molecule has 0 saturated carbocycles. The molecule has 0 spiro atoms. The third kappa shape index (κ3) is 2.98. The molecule has 0 bridgehead atoms. The average Bonchev–Trinajstić information content (AvgIpc) is 2.81. The van der Waals surface area contributed by atoms with Crippen LogP contribution in [-0.2, 0) is 14.3 Å². The number of methoxy groups -OCH3 is 1. The average molecular weight is 342 g/mol. The van der Waals surface area contributed by atoms with Crippen LogP contribution in [0.25, 0.3) is 6.08 Å². The lowest BCUT2D eigenvalue weighted by Gasteiger charge is -2.14. The molecule has 0 aromatic heterocycles. The maximum Gasteiger partial charge on any atom is 0.267 e. The first-order valence-corrected chi connectivity index (χ1v) is 7.84. The van der Waals surface area contributed by atoms with Crippen LogP contribution in [0.1, 0.15) is 11.1 Å². The lowest BCUT2D eigenvalue weighted by atomic mass is 10.1. The van der Waals surface area contributed by atoms with Crippen molar-refractivity contribution in [2.45, 2.75) is 13.0 Å². The van der Waals surface area contributed by atoms with Crippen molar-refractivity contribution in [3.05, 3.63) is 70.3 Å². The zero-order valence-electron chi connectivity index (χ0n) is 13.3. The number of imide groups is 1. The summed E-state index contributed by atoms with van der Waals surface area (Å²) in [6.07, 6.45) is 0.758. The normalized spacial score (nSPS) is 19.4. The number of rotatable bonds is 3. The van der Waals surface area contributed by atoms with Crippen molar-refractivity contribution in [1.29, 1.82) is 0 Å².